The maximum atomic E-state index is 2.45. The molecule has 0 unspecified atom stereocenters. The topological polar surface area (TPSA) is 36.1 Å². The number of hydrogen-bond donors (Lipinski definition) is 0. The zero-order chi connectivity index (χ0) is 95.0. The van der Waals surface area contributed by atoms with Crippen molar-refractivity contribution in [1.82, 2.24) is 27.4 Å². The number of anilines is 6. The summed E-state index contributed by atoms with van der Waals surface area (Å²) in [5.41, 5.74) is 31.2. The van der Waals surface area contributed by atoms with Gasteiger partial charge in [0.05, 0.1) is 77.6 Å². The largest absolute Gasteiger partial charge is 0.310 e. The molecular formula is C134H100N8. The summed E-state index contributed by atoms with van der Waals surface area (Å²) < 4.78 is 14.6. The van der Waals surface area contributed by atoms with Crippen molar-refractivity contribution >= 4 is 197 Å². The van der Waals surface area contributed by atoms with Gasteiger partial charge in [-0.15, -0.1) is 0 Å². The maximum absolute atomic E-state index is 2.45. The van der Waals surface area contributed by atoms with Gasteiger partial charge in [0, 0.05) is 132 Å². The van der Waals surface area contributed by atoms with Crippen molar-refractivity contribution in [1.29, 1.82) is 0 Å². The van der Waals surface area contributed by atoms with Crippen molar-refractivity contribution in [2.75, 3.05) is 9.80 Å². The molecule has 0 saturated heterocycles. The second kappa shape index (κ2) is 34.0. The molecule has 8 heteroatoms. The first kappa shape index (κ1) is 84.5. The third kappa shape index (κ3) is 14.3. The van der Waals surface area contributed by atoms with Gasteiger partial charge in [-0.05, 0) is 238 Å². The molecule has 676 valence electrons. The van der Waals surface area contributed by atoms with E-state index < -0.39 is 0 Å². The van der Waals surface area contributed by atoms with E-state index in [1.165, 1.54) is 191 Å². The van der Waals surface area contributed by atoms with Crippen LogP contribution in [0.3, 0.4) is 0 Å². The van der Waals surface area contributed by atoms with E-state index in [4.69, 9.17) is 0 Å². The Bertz CT molecular complexity index is 9660. The van der Waals surface area contributed by atoms with Gasteiger partial charge in [-0.2, -0.15) is 0 Å². The van der Waals surface area contributed by atoms with E-state index in [-0.39, 0.29) is 10.8 Å². The Morgan fingerprint density at radius 1 is 0.141 bits per heavy atom. The first-order valence-corrected chi connectivity index (χ1v) is 49.3. The smallest absolute Gasteiger partial charge is 0.0548 e. The number of rotatable bonds is 12. The van der Waals surface area contributed by atoms with Crippen LogP contribution in [0.5, 0.6) is 0 Å². The minimum Gasteiger partial charge on any atom is -0.310 e. The van der Waals surface area contributed by atoms with Crippen molar-refractivity contribution < 1.29 is 0 Å². The Balaban J connectivity index is 0.000000110. The lowest BCUT2D eigenvalue weighted by molar-refractivity contribution is 0.590. The third-order valence-corrected chi connectivity index (χ3v) is 29.1. The molecular weight excluding hydrogens is 1720 g/mol. The Morgan fingerprint density at radius 3 is 0.704 bits per heavy atom. The fourth-order valence-corrected chi connectivity index (χ4v) is 22.4. The zero-order valence-electron chi connectivity index (χ0n) is 79.9. The molecule has 8 nitrogen and oxygen atoms in total. The summed E-state index contributed by atoms with van der Waals surface area (Å²) in [7, 11) is 0. The Morgan fingerprint density at radius 2 is 0.373 bits per heavy atom. The summed E-state index contributed by atoms with van der Waals surface area (Å²) in [6, 6.07) is 181. The first-order valence-electron chi connectivity index (χ1n) is 49.3. The van der Waals surface area contributed by atoms with Gasteiger partial charge in [0.2, 0.25) is 0 Å². The molecule has 0 saturated carbocycles. The normalized spacial score (nSPS) is 12.0. The summed E-state index contributed by atoms with van der Waals surface area (Å²) >= 11 is 0. The maximum Gasteiger partial charge on any atom is 0.0548 e. The highest BCUT2D eigenvalue weighted by Crippen LogP contribution is 2.49. The molecule has 6 aromatic heterocycles. The van der Waals surface area contributed by atoms with E-state index in [0.29, 0.717) is 0 Å². The quantitative estimate of drug-likeness (QED) is 0.122. The fourth-order valence-electron chi connectivity index (χ4n) is 22.4. The standard InChI is InChI=1S/C50H33N3.C46H31N3.C38H36N2/c1-2-18-37(19-3-1)52-47-25-10-8-23-42(47)44-33-50-45(32-49(44)52)43-24-9-11-26-48(43)53(50)39-21-13-20-38(31-39)51(40-29-28-34-14-4-5-16-36(34)30-40)46-27-12-17-35-15-6-7-22-41(35)46;1-3-17-33(18-4-1)47(42-28-13-16-32-15-7-8-23-37(32)42)35-21-14-22-36(29-35)49-44-27-12-10-25-39(44)41-30-45-40(31-46(41)49)38-24-9-11-26-43(38)48(45)34-19-5-2-6-20-34;1-37(2,3)25-15-19-27(20-16-25)39-33-13-9-7-11-29(33)31-24-36-32(23-35(31)39)30-12-8-10-14-34(30)40(36)28-21-17-26(18-22-28)38(4,5)6/h1-33H;1-31H;7-24H,1-6H3. The Labute approximate surface area is 823 Å². The highest BCUT2D eigenvalue weighted by molar-refractivity contribution is 6.23. The average Bonchev–Trinajstić information content (AvgIpc) is 1.56. The summed E-state index contributed by atoms with van der Waals surface area (Å²) in [6.45, 7) is 13.6. The second-order valence-electron chi connectivity index (χ2n) is 39.6. The number of nitrogens with zero attached hydrogens (tertiary/aromatic N) is 8. The summed E-state index contributed by atoms with van der Waals surface area (Å²) in [5, 5.41) is 22.3. The van der Waals surface area contributed by atoms with Crippen LogP contribution in [-0.4, -0.2) is 27.4 Å². The number of aromatic nitrogens is 6. The molecule has 0 spiro atoms. The first-order chi connectivity index (χ1) is 69.7. The molecule has 0 N–H and O–H groups in total. The number of benzene rings is 22. The van der Waals surface area contributed by atoms with Gasteiger partial charge in [0.15, 0.2) is 0 Å². The summed E-state index contributed by atoms with van der Waals surface area (Å²) in [6.07, 6.45) is 0. The lowest BCUT2D eigenvalue weighted by atomic mass is 9.87. The van der Waals surface area contributed by atoms with Gasteiger partial charge in [-0.3, -0.25) is 0 Å². The Hall–Kier alpha value is -18.0. The molecule has 0 bridgehead atoms. The van der Waals surface area contributed by atoms with Crippen LogP contribution in [-0.2, 0) is 10.8 Å². The monoisotopic (exact) mass is 1820 g/mol. The van der Waals surface area contributed by atoms with Crippen LogP contribution in [0.2, 0.25) is 0 Å². The van der Waals surface area contributed by atoms with Crippen LogP contribution >= 0.6 is 0 Å². The summed E-state index contributed by atoms with van der Waals surface area (Å²) in [5.74, 6) is 0. The van der Waals surface area contributed by atoms with Gasteiger partial charge in [-0.1, -0.05) is 345 Å². The lowest BCUT2D eigenvalue weighted by Gasteiger charge is -2.28. The molecule has 22 aromatic carbocycles. The van der Waals surface area contributed by atoms with Crippen LogP contribution in [0, 0.1) is 0 Å². The molecule has 0 aliphatic rings. The Kier molecular flexibility index (Phi) is 20.3. The lowest BCUT2D eigenvalue weighted by Crippen LogP contribution is -2.11. The van der Waals surface area contributed by atoms with Crippen LogP contribution in [0.15, 0.2) is 497 Å². The minimum atomic E-state index is 0.123. The van der Waals surface area contributed by atoms with E-state index in [1.807, 2.05) is 0 Å². The van der Waals surface area contributed by atoms with E-state index >= 15 is 0 Å². The molecule has 0 fully saturated rings. The van der Waals surface area contributed by atoms with Gasteiger partial charge in [-0.25, -0.2) is 0 Å². The van der Waals surface area contributed by atoms with E-state index in [9.17, 15) is 0 Å². The van der Waals surface area contributed by atoms with Crippen LogP contribution in [0.1, 0.15) is 52.7 Å². The van der Waals surface area contributed by atoms with E-state index in [1.54, 1.807) is 0 Å². The minimum absolute atomic E-state index is 0.123. The van der Waals surface area contributed by atoms with E-state index in [0.717, 1.165) is 51.2 Å². The average molecular weight is 1820 g/mol. The third-order valence-electron chi connectivity index (χ3n) is 29.1. The molecule has 0 aliphatic carbocycles. The molecule has 28 aromatic rings. The number of fused-ring (bicyclic) bond motifs is 21. The van der Waals surface area contributed by atoms with Gasteiger partial charge in [0.1, 0.15) is 0 Å². The van der Waals surface area contributed by atoms with Crippen molar-refractivity contribution in [3.8, 4) is 34.1 Å². The van der Waals surface area contributed by atoms with Crippen molar-refractivity contribution in [3.05, 3.63) is 509 Å². The molecule has 0 aliphatic heterocycles. The summed E-state index contributed by atoms with van der Waals surface area (Å²) in [4.78, 5) is 4.79. The number of para-hydroxylation sites is 9. The van der Waals surface area contributed by atoms with Gasteiger partial charge < -0.3 is 37.2 Å². The van der Waals surface area contributed by atoms with Crippen molar-refractivity contribution in [2.45, 2.75) is 52.4 Å². The number of hydrogen-bond acceptors (Lipinski definition) is 2. The van der Waals surface area contributed by atoms with E-state index in [2.05, 4.69) is 576 Å². The highest BCUT2D eigenvalue weighted by atomic mass is 15.2. The zero-order valence-corrected chi connectivity index (χ0v) is 79.9. The predicted molar refractivity (Wildman–Crippen MR) is 605 cm³/mol. The van der Waals surface area contributed by atoms with Gasteiger partial charge in [0.25, 0.3) is 0 Å². The van der Waals surface area contributed by atoms with Crippen molar-refractivity contribution in [2.24, 2.45) is 0 Å². The van der Waals surface area contributed by atoms with Crippen molar-refractivity contribution in [3.63, 3.8) is 0 Å². The fraction of sp³-hybridized carbons (Fsp3) is 0.0597. The highest BCUT2D eigenvalue weighted by Gasteiger charge is 2.28. The molecule has 0 atom stereocenters. The molecule has 0 radical (unpaired) electrons. The predicted octanol–water partition coefficient (Wildman–Crippen LogP) is 36.6. The van der Waals surface area contributed by atoms with Crippen LogP contribution in [0.4, 0.5) is 34.1 Å². The molecule has 0 amide bonds. The van der Waals surface area contributed by atoms with Gasteiger partial charge >= 0.3 is 0 Å². The second-order valence-corrected chi connectivity index (χ2v) is 39.6. The SMILES string of the molecule is CC(C)(C)c1ccc(-n2c3ccccc3c3cc4c(cc32)c2ccccc2n4-c2ccc(C(C)(C)C)cc2)cc1.c1ccc(-n2c3ccccc3c3cc4c(cc32)c2ccccc2n4-c2cccc(N(c3ccc4ccccc4c3)c3cccc4ccccc34)c2)cc1.c1ccc(N(c2cccc(-n3c4ccccc4c4cc5c(cc43)c3ccccc3n5-c3ccccc3)c2)c2cccc3ccccc23)cc1. The van der Waals surface area contributed by atoms with Crippen LogP contribution < -0.4 is 9.80 Å². The van der Waals surface area contributed by atoms with Crippen LogP contribution in [0.25, 0.3) is 197 Å². The molecule has 142 heavy (non-hydrogen) atoms. The molecule has 6 heterocycles. The molecule has 28 rings (SSSR count).